The monoisotopic (exact) mass is 279 g/mol. The summed E-state index contributed by atoms with van der Waals surface area (Å²) in [6.07, 6.45) is 3.17. The molecular formula is C16H25NO3. The molecule has 1 aromatic rings. The lowest BCUT2D eigenvalue weighted by Crippen LogP contribution is -2.45. The van der Waals surface area contributed by atoms with Crippen LogP contribution in [0.5, 0.6) is 11.5 Å². The summed E-state index contributed by atoms with van der Waals surface area (Å²) in [6.45, 7) is 3.72. The van der Waals surface area contributed by atoms with Crippen LogP contribution in [0.4, 0.5) is 0 Å². The molecule has 0 radical (unpaired) electrons. The Morgan fingerprint density at radius 3 is 2.75 bits per heavy atom. The normalized spacial score (nSPS) is 21.5. The van der Waals surface area contributed by atoms with E-state index in [1.54, 1.807) is 14.2 Å². The van der Waals surface area contributed by atoms with E-state index in [4.69, 9.17) is 9.47 Å². The molecule has 1 aliphatic rings. The fourth-order valence-electron chi connectivity index (χ4n) is 2.96. The zero-order valence-corrected chi connectivity index (χ0v) is 12.6. The lowest BCUT2D eigenvalue weighted by Gasteiger charge is -2.37. The van der Waals surface area contributed by atoms with Crippen LogP contribution in [-0.4, -0.2) is 42.9 Å². The molecule has 4 heteroatoms. The third-order valence-corrected chi connectivity index (χ3v) is 4.09. The molecule has 0 aliphatic carbocycles. The summed E-state index contributed by atoms with van der Waals surface area (Å²) >= 11 is 0. The topological polar surface area (TPSA) is 41.9 Å². The number of nitrogens with zero attached hydrogens (tertiary/aromatic N) is 1. The van der Waals surface area contributed by atoms with Gasteiger partial charge in [0, 0.05) is 24.2 Å². The lowest BCUT2D eigenvalue weighted by molar-refractivity contribution is 0.0312. The molecule has 1 fully saturated rings. The van der Waals surface area contributed by atoms with Gasteiger partial charge in [-0.1, -0.05) is 12.5 Å². The van der Waals surface area contributed by atoms with E-state index >= 15 is 0 Å². The molecule has 1 aliphatic heterocycles. The minimum atomic E-state index is -0.292. The highest BCUT2D eigenvalue weighted by atomic mass is 16.5. The Morgan fingerprint density at radius 2 is 2.10 bits per heavy atom. The van der Waals surface area contributed by atoms with Crippen molar-refractivity contribution >= 4 is 0 Å². The zero-order chi connectivity index (χ0) is 14.5. The van der Waals surface area contributed by atoms with Crippen molar-refractivity contribution in [1.82, 2.24) is 4.90 Å². The van der Waals surface area contributed by atoms with Crippen molar-refractivity contribution in [3.8, 4) is 11.5 Å². The van der Waals surface area contributed by atoms with Crippen LogP contribution < -0.4 is 9.47 Å². The number of ether oxygens (including phenoxy) is 2. The second kappa shape index (κ2) is 6.95. The van der Waals surface area contributed by atoms with E-state index < -0.39 is 0 Å². The van der Waals surface area contributed by atoms with Crippen LogP contribution in [0, 0.1) is 0 Å². The van der Waals surface area contributed by atoms with E-state index in [1.807, 2.05) is 25.1 Å². The smallest absolute Gasteiger partial charge is 0.127 e. The molecule has 0 spiro atoms. The first-order valence-corrected chi connectivity index (χ1v) is 7.28. The van der Waals surface area contributed by atoms with Gasteiger partial charge in [0.2, 0.25) is 0 Å². The maximum Gasteiger partial charge on any atom is 0.127 e. The molecule has 0 aromatic heterocycles. The number of likely N-dealkylation sites (tertiary alicyclic amines) is 1. The molecule has 0 bridgehead atoms. The van der Waals surface area contributed by atoms with Gasteiger partial charge in [-0.05, 0) is 32.4 Å². The summed E-state index contributed by atoms with van der Waals surface area (Å²) in [6, 6.07) is 6.16. The van der Waals surface area contributed by atoms with Crippen molar-refractivity contribution in [3.05, 3.63) is 23.8 Å². The summed E-state index contributed by atoms with van der Waals surface area (Å²) in [5.41, 5.74) is 1.14. The van der Waals surface area contributed by atoms with Crippen LogP contribution in [-0.2, 0) is 6.54 Å². The van der Waals surface area contributed by atoms with Crippen molar-refractivity contribution in [3.63, 3.8) is 0 Å². The van der Waals surface area contributed by atoms with Crippen LogP contribution in [0.1, 0.15) is 31.7 Å². The Kier molecular flexibility index (Phi) is 5.26. The van der Waals surface area contributed by atoms with E-state index in [0.29, 0.717) is 0 Å². The molecular weight excluding hydrogens is 254 g/mol. The Morgan fingerprint density at radius 1 is 1.30 bits per heavy atom. The van der Waals surface area contributed by atoms with Gasteiger partial charge in [0.05, 0.1) is 20.3 Å². The Bertz CT molecular complexity index is 434. The molecule has 1 heterocycles. The maximum atomic E-state index is 9.94. The standard InChI is InChI=1S/C16H25NO3/c1-12(18)15-6-4-5-9-17(15)11-13-7-8-14(19-2)10-16(13)20-3/h7-8,10,12,15,18H,4-6,9,11H2,1-3H3. The summed E-state index contributed by atoms with van der Waals surface area (Å²) in [4.78, 5) is 2.36. The number of hydrogen-bond acceptors (Lipinski definition) is 4. The molecule has 1 saturated heterocycles. The van der Waals surface area contributed by atoms with Gasteiger partial charge in [-0.15, -0.1) is 0 Å². The van der Waals surface area contributed by atoms with Gasteiger partial charge < -0.3 is 14.6 Å². The van der Waals surface area contributed by atoms with Crippen LogP contribution >= 0.6 is 0 Å². The third-order valence-electron chi connectivity index (χ3n) is 4.09. The molecule has 2 unspecified atom stereocenters. The zero-order valence-electron chi connectivity index (χ0n) is 12.6. The fraction of sp³-hybridized carbons (Fsp3) is 0.625. The van der Waals surface area contributed by atoms with Crippen molar-refractivity contribution in [2.45, 2.75) is 44.9 Å². The van der Waals surface area contributed by atoms with E-state index in [2.05, 4.69) is 4.90 Å². The van der Waals surface area contributed by atoms with E-state index in [-0.39, 0.29) is 12.1 Å². The van der Waals surface area contributed by atoms with Crippen LogP contribution in [0.2, 0.25) is 0 Å². The highest BCUT2D eigenvalue weighted by Gasteiger charge is 2.26. The van der Waals surface area contributed by atoms with Crippen molar-refractivity contribution < 1.29 is 14.6 Å². The molecule has 2 atom stereocenters. The SMILES string of the molecule is COc1ccc(CN2CCCCC2C(C)O)c(OC)c1. The van der Waals surface area contributed by atoms with E-state index in [0.717, 1.165) is 36.6 Å². The van der Waals surface area contributed by atoms with Gasteiger partial charge in [0.1, 0.15) is 11.5 Å². The van der Waals surface area contributed by atoms with Crippen LogP contribution in [0.3, 0.4) is 0 Å². The number of methoxy groups -OCH3 is 2. The number of hydrogen-bond donors (Lipinski definition) is 1. The van der Waals surface area contributed by atoms with Gasteiger partial charge in [0.25, 0.3) is 0 Å². The number of aliphatic hydroxyl groups excluding tert-OH is 1. The third kappa shape index (κ3) is 3.44. The second-order valence-electron chi connectivity index (χ2n) is 5.45. The van der Waals surface area contributed by atoms with Gasteiger partial charge in [0.15, 0.2) is 0 Å². The minimum Gasteiger partial charge on any atom is -0.497 e. The molecule has 20 heavy (non-hydrogen) atoms. The Hall–Kier alpha value is -1.26. The molecule has 0 saturated carbocycles. The lowest BCUT2D eigenvalue weighted by atomic mass is 9.97. The van der Waals surface area contributed by atoms with Gasteiger partial charge in [-0.2, -0.15) is 0 Å². The largest absolute Gasteiger partial charge is 0.497 e. The van der Waals surface area contributed by atoms with E-state index in [9.17, 15) is 5.11 Å². The quantitative estimate of drug-likeness (QED) is 0.899. The van der Waals surface area contributed by atoms with Crippen molar-refractivity contribution in [1.29, 1.82) is 0 Å². The van der Waals surface area contributed by atoms with Crippen molar-refractivity contribution in [2.75, 3.05) is 20.8 Å². The Balaban J connectivity index is 2.15. The van der Waals surface area contributed by atoms with Gasteiger partial charge in [-0.3, -0.25) is 4.90 Å². The molecule has 2 rings (SSSR count). The average Bonchev–Trinajstić information content (AvgIpc) is 2.48. The highest BCUT2D eigenvalue weighted by molar-refractivity contribution is 5.40. The average molecular weight is 279 g/mol. The highest BCUT2D eigenvalue weighted by Crippen LogP contribution is 2.28. The van der Waals surface area contributed by atoms with Crippen LogP contribution in [0.15, 0.2) is 18.2 Å². The van der Waals surface area contributed by atoms with Gasteiger partial charge >= 0.3 is 0 Å². The minimum absolute atomic E-state index is 0.246. The summed E-state index contributed by atoms with van der Waals surface area (Å²) in [7, 11) is 3.34. The maximum absolute atomic E-state index is 9.94. The fourth-order valence-corrected chi connectivity index (χ4v) is 2.96. The molecule has 0 amide bonds. The number of benzene rings is 1. The predicted octanol–water partition coefficient (Wildman–Crippen LogP) is 2.44. The predicted molar refractivity (Wildman–Crippen MR) is 79.3 cm³/mol. The molecule has 112 valence electrons. The first-order valence-electron chi connectivity index (χ1n) is 7.28. The number of piperidine rings is 1. The Labute approximate surface area is 121 Å². The summed E-state index contributed by atoms with van der Waals surface area (Å²) in [5.74, 6) is 1.65. The summed E-state index contributed by atoms with van der Waals surface area (Å²) in [5, 5.41) is 9.94. The van der Waals surface area contributed by atoms with Gasteiger partial charge in [-0.25, -0.2) is 0 Å². The number of aliphatic hydroxyl groups is 1. The number of rotatable bonds is 5. The molecule has 1 N–H and O–H groups in total. The van der Waals surface area contributed by atoms with E-state index in [1.165, 1.54) is 12.8 Å². The first kappa shape index (κ1) is 15.1. The second-order valence-corrected chi connectivity index (χ2v) is 5.45. The molecule has 4 nitrogen and oxygen atoms in total. The first-order chi connectivity index (χ1) is 9.65. The van der Waals surface area contributed by atoms with Crippen molar-refractivity contribution in [2.24, 2.45) is 0 Å². The van der Waals surface area contributed by atoms with Crippen LogP contribution in [0.25, 0.3) is 0 Å². The molecule has 1 aromatic carbocycles. The summed E-state index contributed by atoms with van der Waals surface area (Å²) < 4.78 is 10.7.